The van der Waals surface area contributed by atoms with Crippen molar-refractivity contribution < 1.29 is 8.42 Å². The summed E-state index contributed by atoms with van der Waals surface area (Å²) >= 11 is 2.29. The molecule has 1 aromatic carbocycles. The van der Waals surface area contributed by atoms with Crippen LogP contribution in [0.1, 0.15) is 25.7 Å². The number of halogens is 1. The van der Waals surface area contributed by atoms with Crippen LogP contribution in [0, 0.1) is 0 Å². The molecule has 1 aromatic rings. The number of hydrogen-bond donors (Lipinski definition) is 0. The van der Waals surface area contributed by atoms with Crippen LogP contribution in [0.15, 0.2) is 35.2 Å². The normalized spacial score (nSPS) is 26.6. The number of hydrogen-bond acceptors (Lipinski definition) is 2. The Kier molecular flexibility index (Phi) is 3.89. The van der Waals surface area contributed by atoms with Crippen LogP contribution in [0.5, 0.6) is 0 Å². The van der Waals surface area contributed by atoms with Crippen molar-refractivity contribution in [3.63, 3.8) is 0 Å². The third kappa shape index (κ3) is 2.42. The second-order valence-electron chi connectivity index (χ2n) is 4.20. The van der Waals surface area contributed by atoms with E-state index in [1.807, 2.05) is 6.07 Å². The molecule has 0 bridgehead atoms. The molecule has 2 nitrogen and oxygen atoms in total. The number of alkyl halides is 1. The average molecular weight is 350 g/mol. The lowest BCUT2D eigenvalue weighted by atomic mass is 10.0. The van der Waals surface area contributed by atoms with Gasteiger partial charge in [0.1, 0.15) is 0 Å². The van der Waals surface area contributed by atoms with Crippen LogP contribution in [0.4, 0.5) is 0 Å². The minimum Gasteiger partial charge on any atom is -0.223 e. The lowest BCUT2D eigenvalue weighted by Gasteiger charge is -2.27. The molecule has 1 saturated carbocycles. The van der Waals surface area contributed by atoms with Gasteiger partial charge < -0.3 is 0 Å². The largest absolute Gasteiger partial charge is 0.223 e. The smallest absolute Gasteiger partial charge is 0.182 e. The van der Waals surface area contributed by atoms with E-state index in [1.165, 1.54) is 0 Å². The molecule has 2 rings (SSSR count). The molecule has 2 atom stereocenters. The highest BCUT2D eigenvalue weighted by Gasteiger charge is 2.34. The summed E-state index contributed by atoms with van der Waals surface area (Å²) in [6.45, 7) is 0. The van der Waals surface area contributed by atoms with Crippen molar-refractivity contribution in [2.24, 2.45) is 0 Å². The van der Waals surface area contributed by atoms with Gasteiger partial charge in [0.25, 0.3) is 0 Å². The second kappa shape index (κ2) is 5.04. The maximum absolute atomic E-state index is 12.4. The molecule has 16 heavy (non-hydrogen) atoms. The van der Waals surface area contributed by atoms with Crippen LogP contribution in [0.3, 0.4) is 0 Å². The standard InChI is InChI=1S/C12H15IO2S/c13-11-8-4-5-9-12(11)16(14,15)10-6-2-1-3-7-10/h1-3,6-7,11-12H,4-5,8-9H2/t11-,12+/m1/s1. The summed E-state index contributed by atoms with van der Waals surface area (Å²) in [5.74, 6) is 0. The first-order valence-electron chi connectivity index (χ1n) is 5.55. The van der Waals surface area contributed by atoms with Crippen molar-refractivity contribution in [3.8, 4) is 0 Å². The van der Waals surface area contributed by atoms with Gasteiger partial charge in [-0.3, -0.25) is 0 Å². The summed E-state index contributed by atoms with van der Waals surface area (Å²) in [5.41, 5.74) is 0. The van der Waals surface area contributed by atoms with E-state index in [0.717, 1.165) is 25.7 Å². The zero-order valence-electron chi connectivity index (χ0n) is 8.97. The van der Waals surface area contributed by atoms with Crippen molar-refractivity contribution >= 4 is 32.4 Å². The molecule has 0 radical (unpaired) electrons. The van der Waals surface area contributed by atoms with Gasteiger partial charge in [-0.2, -0.15) is 0 Å². The van der Waals surface area contributed by atoms with Gasteiger partial charge in [0.2, 0.25) is 0 Å². The minimum atomic E-state index is -3.12. The number of sulfone groups is 1. The monoisotopic (exact) mass is 350 g/mol. The van der Waals surface area contributed by atoms with E-state index in [4.69, 9.17) is 0 Å². The first-order chi connectivity index (χ1) is 7.62. The summed E-state index contributed by atoms with van der Waals surface area (Å²) in [4.78, 5) is 0.476. The third-order valence-corrected chi connectivity index (χ3v) is 7.36. The summed E-state index contributed by atoms with van der Waals surface area (Å²) in [5, 5.41) is -0.191. The maximum Gasteiger partial charge on any atom is 0.182 e. The Morgan fingerprint density at radius 1 is 1.06 bits per heavy atom. The second-order valence-corrected chi connectivity index (χ2v) is 7.96. The van der Waals surface area contributed by atoms with E-state index in [2.05, 4.69) is 22.6 Å². The molecular weight excluding hydrogens is 335 g/mol. The Morgan fingerprint density at radius 3 is 2.31 bits per heavy atom. The fourth-order valence-electron chi connectivity index (χ4n) is 2.19. The molecule has 1 fully saturated rings. The first-order valence-corrected chi connectivity index (χ1v) is 8.34. The van der Waals surface area contributed by atoms with E-state index in [9.17, 15) is 8.42 Å². The molecule has 0 amide bonds. The molecule has 0 aliphatic heterocycles. The molecular formula is C12H15IO2S. The highest BCUT2D eigenvalue weighted by Crippen LogP contribution is 2.33. The van der Waals surface area contributed by atoms with Crippen LogP contribution in [-0.4, -0.2) is 17.6 Å². The van der Waals surface area contributed by atoms with Crippen LogP contribution in [0.25, 0.3) is 0 Å². The van der Waals surface area contributed by atoms with Crippen molar-refractivity contribution in [3.05, 3.63) is 30.3 Å². The maximum atomic E-state index is 12.4. The minimum absolute atomic E-state index is 0.191. The van der Waals surface area contributed by atoms with Crippen LogP contribution < -0.4 is 0 Å². The molecule has 0 heterocycles. The average Bonchev–Trinajstić information content (AvgIpc) is 2.30. The highest BCUT2D eigenvalue weighted by molar-refractivity contribution is 14.1. The molecule has 1 aliphatic carbocycles. The zero-order chi connectivity index (χ0) is 11.6. The van der Waals surface area contributed by atoms with Gasteiger partial charge in [0.05, 0.1) is 10.1 Å². The molecule has 0 saturated heterocycles. The SMILES string of the molecule is O=S(=O)(c1ccccc1)[C@H]1CCCC[C@H]1I. The van der Waals surface area contributed by atoms with Crippen LogP contribution in [-0.2, 0) is 9.84 Å². The van der Waals surface area contributed by atoms with E-state index in [-0.39, 0.29) is 9.17 Å². The molecule has 88 valence electrons. The third-order valence-electron chi connectivity index (χ3n) is 3.09. The molecule has 1 aliphatic rings. The van der Waals surface area contributed by atoms with Crippen molar-refractivity contribution in [1.82, 2.24) is 0 Å². The van der Waals surface area contributed by atoms with Gasteiger partial charge in [0, 0.05) is 3.92 Å². The van der Waals surface area contributed by atoms with Gasteiger partial charge in [-0.15, -0.1) is 0 Å². The summed E-state index contributed by atoms with van der Waals surface area (Å²) in [7, 11) is -3.12. The van der Waals surface area contributed by atoms with Crippen molar-refractivity contribution in [2.75, 3.05) is 0 Å². The van der Waals surface area contributed by atoms with Crippen LogP contribution >= 0.6 is 22.6 Å². The summed E-state index contributed by atoms with van der Waals surface area (Å²) in [6, 6.07) is 8.83. The molecule has 0 aromatic heterocycles. The van der Waals surface area contributed by atoms with Crippen molar-refractivity contribution in [2.45, 2.75) is 39.8 Å². The van der Waals surface area contributed by atoms with Crippen molar-refractivity contribution in [1.29, 1.82) is 0 Å². The topological polar surface area (TPSA) is 34.1 Å². The lowest BCUT2D eigenvalue weighted by Crippen LogP contribution is -2.33. The predicted molar refractivity (Wildman–Crippen MR) is 73.7 cm³/mol. The quantitative estimate of drug-likeness (QED) is 0.606. The fourth-order valence-corrected chi connectivity index (χ4v) is 6.03. The molecule has 0 unspecified atom stereocenters. The van der Waals surface area contributed by atoms with Gasteiger partial charge >= 0.3 is 0 Å². The molecule has 0 spiro atoms. The van der Waals surface area contributed by atoms with Gasteiger partial charge in [-0.25, -0.2) is 8.42 Å². The van der Waals surface area contributed by atoms with Gasteiger partial charge in [-0.05, 0) is 25.0 Å². The Hall–Kier alpha value is -0.100. The Bertz CT molecular complexity index is 441. The number of benzene rings is 1. The van der Waals surface area contributed by atoms with Gasteiger partial charge in [-0.1, -0.05) is 53.6 Å². The Labute approximate surface area is 111 Å². The Morgan fingerprint density at radius 2 is 1.69 bits per heavy atom. The van der Waals surface area contributed by atoms with E-state index < -0.39 is 9.84 Å². The molecule has 4 heteroatoms. The van der Waals surface area contributed by atoms with E-state index in [1.54, 1.807) is 24.3 Å². The van der Waals surface area contributed by atoms with Gasteiger partial charge in [0.15, 0.2) is 9.84 Å². The lowest BCUT2D eigenvalue weighted by molar-refractivity contribution is 0.502. The van der Waals surface area contributed by atoms with E-state index in [0.29, 0.717) is 4.90 Å². The summed E-state index contributed by atoms with van der Waals surface area (Å²) < 4.78 is 25.0. The summed E-state index contributed by atoms with van der Waals surface area (Å²) in [6.07, 6.45) is 4.03. The first kappa shape index (κ1) is 12.4. The number of rotatable bonds is 2. The fraction of sp³-hybridized carbons (Fsp3) is 0.500. The zero-order valence-corrected chi connectivity index (χ0v) is 11.9. The van der Waals surface area contributed by atoms with Crippen LogP contribution in [0.2, 0.25) is 0 Å². The highest BCUT2D eigenvalue weighted by atomic mass is 127. The predicted octanol–water partition coefficient (Wildman–Crippen LogP) is 3.21. The Balaban J connectivity index is 2.32. The molecule has 0 N–H and O–H groups in total. The van der Waals surface area contributed by atoms with E-state index >= 15 is 0 Å².